The van der Waals surface area contributed by atoms with Gasteiger partial charge in [0, 0.05) is 19.2 Å². The summed E-state index contributed by atoms with van der Waals surface area (Å²) in [6.07, 6.45) is 4.83. The van der Waals surface area contributed by atoms with Crippen molar-refractivity contribution in [2.24, 2.45) is 0 Å². The molecule has 0 aromatic heterocycles. The molecule has 1 aromatic carbocycles. The van der Waals surface area contributed by atoms with Crippen LogP contribution < -0.4 is 4.90 Å². The van der Waals surface area contributed by atoms with E-state index in [2.05, 4.69) is 6.92 Å². The van der Waals surface area contributed by atoms with E-state index in [0.717, 1.165) is 31.4 Å². The molecule has 0 spiro atoms. The van der Waals surface area contributed by atoms with Gasteiger partial charge in [-0.25, -0.2) is 4.79 Å². The maximum atomic E-state index is 11.9. The maximum absolute atomic E-state index is 11.9. The number of carboxylic acids is 1. The molecule has 19 heavy (non-hydrogen) atoms. The summed E-state index contributed by atoms with van der Waals surface area (Å²) in [6.45, 7) is 2.14. The van der Waals surface area contributed by atoms with Crippen LogP contribution in [0.3, 0.4) is 0 Å². The molecule has 4 heteroatoms. The molecule has 0 fully saturated rings. The molecule has 4 nitrogen and oxygen atoms in total. The predicted molar refractivity (Wildman–Crippen MR) is 75.6 cm³/mol. The van der Waals surface area contributed by atoms with Crippen molar-refractivity contribution in [2.45, 2.75) is 39.0 Å². The first-order valence-electron chi connectivity index (χ1n) is 6.66. The Morgan fingerprint density at radius 2 is 1.74 bits per heavy atom. The van der Waals surface area contributed by atoms with Gasteiger partial charge in [-0.1, -0.05) is 26.2 Å². The van der Waals surface area contributed by atoms with Gasteiger partial charge in [-0.05, 0) is 30.7 Å². The third kappa shape index (κ3) is 4.73. The van der Waals surface area contributed by atoms with Crippen LogP contribution in [0.2, 0.25) is 0 Å². The van der Waals surface area contributed by atoms with Crippen LogP contribution in [0.25, 0.3) is 0 Å². The minimum atomic E-state index is -0.958. The third-order valence-corrected chi connectivity index (χ3v) is 3.12. The smallest absolute Gasteiger partial charge is 0.335 e. The molecule has 1 N–H and O–H groups in total. The van der Waals surface area contributed by atoms with Gasteiger partial charge in [0.05, 0.1) is 5.56 Å². The SMILES string of the molecule is CCCCCCC(=O)N(C)c1ccc(C(=O)O)cc1. The molecule has 0 aliphatic heterocycles. The van der Waals surface area contributed by atoms with E-state index in [4.69, 9.17) is 5.11 Å². The standard InChI is InChI=1S/C15H21NO3/c1-3-4-5-6-7-14(17)16(2)13-10-8-12(9-11-13)15(18)19/h8-11H,3-7H2,1-2H3,(H,18,19). The van der Waals surface area contributed by atoms with E-state index in [1.165, 1.54) is 12.1 Å². The Labute approximate surface area is 114 Å². The Kier molecular flexibility index (Phi) is 6.06. The van der Waals surface area contributed by atoms with E-state index in [1.54, 1.807) is 24.1 Å². The molecule has 0 atom stereocenters. The van der Waals surface area contributed by atoms with Crippen LogP contribution >= 0.6 is 0 Å². The van der Waals surface area contributed by atoms with Gasteiger partial charge < -0.3 is 10.0 Å². The monoisotopic (exact) mass is 263 g/mol. The van der Waals surface area contributed by atoms with Crippen molar-refractivity contribution >= 4 is 17.6 Å². The van der Waals surface area contributed by atoms with Crippen LogP contribution in [0.5, 0.6) is 0 Å². The first kappa shape index (κ1) is 15.2. The molecule has 1 aromatic rings. The van der Waals surface area contributed by atoms with Crippen LogP contribution in [0.1, 0.15) is 49.4 Å². The molecule has 0 heterocycles. The quantitative estimate of drug-likeness (QED) is 0.768. The highest BCUT2D eigenvalue weighted by atomic mass is 16.4. The summed E-state index contributed by atoms with van der Waals surface area (Å²) in [4.78, 5) is 24.3. The van der Waals surface area contributed by atoms with Crippen molar-refractivity contribution in [3.8, 4) is 0 Å². The van der Waals surface area contributed by atoms with Crippen LogP contribution in [-0.2, 0) is 4.79 Å². The Bertz CT molecular complexity index is 426. The number of carbonyl (C=O) groups excluding carboxylic acids is 1. The van der Waals surface area contributed by atoms with Gasteiger partial charge in [0.2, 0.25) is 5.91 Å². The van der Waals surface area contributed by atoms with Crippen molar-refractivity contribution in [1.29, 1.82) is 0 Å². The summed E-state index contributed by atoms with van der Waals surface area (Å²) in [5.74, 6) is -0.890. The van der Waals surface area contributed by atoms with E-state index in [1.807, 2.05) is 0 Å². The highest BCUT2D eigenvalue weighted by molar-refractivity contribution is 5.94. The average molecular weight is 263 g/mol. The number of hydrogen-bond acceptors (Lipinski definition) is 2. The summed E-state index contributed by atoms with van der Waals surface area (Å²) in [7, 11) is 1.72. The van der Waals surface area contributed by atoms with Crippen molar-refractivity contribution in [1.82, 2.24) is 0 Å². The molecule has 0 saturated heterocycles. The number of anilines is 1. The van der Waals surface area contributed by atoms with Gasteiger partial charge in [0.15, 0.2) is 0 Å². The van der Waals surface area contributed by atoms with Crippen molar-refractivity contribution in [3.63, 3.8) is 0 Å². The number of rotatable bonds is 7. The number of unbranched alkanes of at least 4 members (excludes halogenated alkanes) is 3. The lowest BCUT2D eigenvalue weighted by atomic mass is 10.1. The summed E-state index contributed by atoms with van der Waals surface area (Å²) in [5.41, 5.74) is 0.957. The molecule has 0 bridgehead atoms. The molecular weight excluding hydrogens is 242 g/mol. The van der Waals surface area contributed by atoms with Crippen LogP contribution in [0.4, 0.5) is 5.69 Å². The predicted octanol–water partition coefficient (Wildman–Crippen LogP) is 3.32. The van der Waals surface area contributed by atoms with E-state index < -0.39 is 5.97 Å². The summed E-state index contributed by atoms with van der Waals surface area (Å²) in [6, 6.07) is 6.35. The van der Waals surface area contributed by atoms with Crippen molar-refractivity contribution in [2.75, 3.05) is 11.9 Å². The Hall–Kier alpha value is -1.84. The zero-order chi connectivity index (χ0) is 14.3. The average Bonchev–Trinajstić information content (AvgIpc) is 2.42. The van der Waals surface area contributed by atoms with Gasteiger partial charge in [-0.2, -0.15) is 0 Å². The highest BCUT2D eigenvalue weighted by Crippen LogP contribution is 2.16. The zero-order valence-corrected chi connectivity index (χ0v) is 11.6. The summed E-state index contributed by atoms with van der Waals surface area (Å²) < 4.78 is 0. The molecule has 0 aliphatic carbocycles. The third-order valence-electron chi connectivity index (χ3n) is 3.12. The first-order valence-corrected chi connectivity index (χ1v) is 6.66. The largest absolute Gasteiger partial charge is 0.478 e. The van der Waals surface area contributed by atoms with E-state index in [9.17, 15) is 9.59 Å². The highest BCUT2D eigenvalue weighted by Gasteiger charge is 2.11. The van der Waals surface area contributed by atoms with Gasteiger partial charge in [0.25, 0.3) is 0 Å². The second-order valence-electron chi connectivity index (χ2n) is 4.62. The minimum absolute atomic E-state index is 0.0687. The van der Waals surface area contributed by atoms with Gasteiger partial charge >= 0.3 is 5.97 Å². The minimum Gasteiger partial charge on any atom is -0.478 e. The molecule has 0 aliphatic rings. The van der Waals surface area contributed by atoms with Crippen molar-refractivity contribution < 1.29 is 14.7 Å². The van der Waals surface area contributed by atoms with E-state index in [-0.39, 0.29) is 11.5 Å². The fraction of sp³-hybridized carbons (Fsp3) is 0.467. The van der Waals surface area contributed by atoms with Crippen molar-refractivity contribution in [3.05, 3.63) is 29.8 Å². The number of amides is 1. The number of aromatic carboxylic acids is 1. The van der Waals surface area contributed by atoms with E-state index in [0.29, 0.717) is 6.42 Å². The number of nitrogens with zero attached hydrogens (tertiary/aromatic N) is 1. The van der Waals surface area contributed by atoms with Gasteiger partial charge in [-0.3, -0.25) is 4.79 Å². The first-order chi connectivity index (χ1) is 9.06. The second kappa shape index (κ2) is 7.56. The molecule has 0 radical (unpaired) electrons. The second-order valence-corrected chi connectivity index (χ2v) is 4.62. The van der Waals surface area contributed by atoms with Gasteiger partial charge in [-0.15, -0.1) is 0 Å². The molecule has 0 saturated carbocycles. The lowest BCUT2D eigenvalue weighted by Crippen LogP contribution is -2.25. The number of carboxylic acid groups (broad SMARTS) is 1. The fourth-order valence-electron chi connectivity index (χ4n) is 1.84. The molecule has 104 valence electrons. The Morgan fingerprint density at radius 1 is 1.11 bits per heavy atom. The molecule has 1 amide bonds. The van der Waals surface area contributed by atoms with Crippen LogP contribution in [0, 0.1) is 0 Å². The lowest BCUT2D eigenvalue weighted by Gasteiger charge is -2.17. The topological polar surface area (TPSA) is 57.6 Å². The maximum Gasteiger partial charge on any atom is 0.335 e. The van der Waals surface area contributed by atoms with E-state index >= 15 is 0 Å². The van der Waals surface area contributed by atoms with Crippen LogP contribution in [-0.4, -0.2) is 24.0 Å². The Balaban J connectivity index is 2.54. The Morgan fingerprint density at radius 3 is 2.26 bits per heavy atom. The molecular formula is C15H21NO3. The number of carbonyl (C=O) groups is 2. The lowest BCUT2D eigenvalue weighted by molar-refractivity contribution is -0.118. The fourth-order valence-corrected chi connectivity index (χ4v) is 1.84. The summed E-state index contributed by atoms with van der Waals surface area (Å²) in [5, 5.41) is 8.81. The zero-order valence-electron chi connectivity index (χ0n) is 11.6. The van der Waals surface area contributed by atoms with Crippen LogP contribution in [0.15, 0.2) is 24.3 Å². The number of benzene rings is 1. The normalized spacial score (nSPS) is 10.2. The van der Waals surface area contributed by atoms with Gasteiger partial charge in [0.1, 0.15) is 0 Å². The molecule has 0 unspecified atom stereocenters. The number of hydrogen-bond donors (Lipinski definition) is 1. The summed E-state index contributed by atoms with van der Waals surface area (Å²) >= 11 is 0. The molecule has 1 rings (SSSR count).